The van der Waals surface area contributed by atoms with Crippen molar-refractivity contribution in [2.24, 2.45) is 10.1 Å². The third kappa shape index (κ3) is 2.57. The molecule has 2 N–H and O–H groups in total. The molecular formula is C8H11ClN2O3S. The second-order valence-corrected chi connectivity index (χ2v) is 5.68. The first kappa shape index (κ1) is 11.1. The fourth-order valence-electron chi connectivity index (χ4n) is 1.31. The number of nitrogens with two attached hydrogens (primary N) is 1. The summed E-state index contributed by atoms with van der Waals surface area (Å²) in [7, 11) is -3.77. The van der Waals surface area contributed by atoms with Crippen LogP contribution in [0.3, 0.4) is 0 Å². The van der Waals surface area contributed by atoms with Crippen LogP contribution in [0, 0.1) is 0 Å². The molecule has 2 atom stereocenters. The molecule has 0 saturated heterocycles. The van der Waals surface area contributed by atoms with Crippen molar-refractivity contribution in [2.75, 3.05) is 0 Å². The minimum absolute atomic E-state index is 0.0923. The Balaban J connectivity index is 2.20. The molecule has 0 aromatic rings. The van der Waals surface area contributed by atoms with Crippen molar-refractivity contribution in [1.82, 2.24) is 0 Å². The van der Waals surface area contributed by atoms with Crippen LogP contribution in [0.2, 0.25) is 0 Å². The molecule has 1 fully saturated rings. The molecule has 0 spiro atoms. The van der Waals surface area contributed by atoms with Crippen LogP contribution in [-0.2, 0) is 14.8 Å². The van der Waals surface area contributed by atoms with Gasteiger partial charge in [-0.3, -0.25) is 4.99 Å². The van der Waals surface area contributed by atoms with E-state index >= 15 is 0 Å². The number of allylic oxidation sites excluding steroid dienone is 1. The zero-order valence-corrected chi connectivity index (χ0v) is 9.41. The van der Waals surface area contributed by atoms with Gasteiger partial charge in [0.2, 0.25) is 10.0 Å². The summed E-state index contributed by atoms with van der Waals surface area (Å²) in [6.07, 6.45) is 4.07. The lowest BCUT2D eigenvalue weighted by Crippen LogP contribution is -2.41. The molecule has 7 heteroatoms. The van der Waals surface area contributed by atoms with Crippen LogP contribution in [0.25, 0.3) is 0 Å². The zero-order chi connectivity index (χ0) is 11.1. The third-order valence-electron chi connectivity index (χ3n) is 2.20. The van der Waals surface area contributed by atoms with Gasteiger partial charge in [-0.05, 0) is 18.9 Å². The van der Waals surface area contributed by atoms with E-state index in [9.17, 15) is 8.42 Å². The van der Waals surface area contributed by atoms with Gasteiger partial charge in [0.25, 0.3) is 0 Å². The van der Waals surface area contributed by atoms with Gasteiger partial charge in [0, 0.05) is 6.21 Å². The molecule has 15 heavy (non-hydrogen) atoms. The maximum Gasteiger partial charge on any atom is 0.235 e. The number of halogens is 1. The van der Waals surface area contributed by atoms with Gasteiger partial charge in [0.15, 0.2) is 5.37 Å². The van der Waals surface area contributed by atoms with Crippen LogP contribution in [0.15, 0.2) is 16.1 Å². The Morgan fingerprint density at radius 3 is 2.73 bits per heavy atom. The molecule has 0 radical (unpaired) electrons. The number of sulfonamides is 1. The molecule has 1 aliphatic carbocycles. The first-order valence-electron chi connectivity index (χ1n) is 4.54. The van der Waals surface area contributed by atoms with E-state index in [-0.39, 0.29) is 6.10 Å². The highest BCUT2D eigenvalue weighted by Crippen LogP contribution is 2.31. The molecule has 0 amide bonds. The molecule has 0 bridgehead atoms. The van der Waals surface area contributed by atoms with E-state index in [0.29, 0.717) is 5.03 Å². The van der Waals surface area contributed by atoms with Crippen molar-refractivity contribution in [3.05, 3.63) is 11.1 Å². The largest absolute Gasteiger partial charge is 0.366 e. The Labute approximate surface area is 93.0 Å². The summed E-state index contributed by atoms with van der Waals surface area (Å²) in [5.41, 5.74) is 0. The summed E-state index contributed by atoms with van der Waals surface area (Å²) >= 11 is 5.88. The van der Waals surface area contributed by atoms with Crippen LogP contribution in [0.5, 0.6) is 0 Å². The number of hydrogen-bond acceptors (Lipinski definition) is 4. The molecule has 5 nitrogen and oxygen atoms in total. The lowest BCUT2D eigenvalue weighted by molar-refractivity contribution is 0.0659. The normalized spacial score (nSPS) is 31.5. The van der Waals surface area contributed by atoms with Crippen molar-refractivity contribution >= 4 is 27.8 Å². The second-order valence-electron chi connectivity index (χ2n) is 3.59. The van der Waals surface area contributed by atoms with Crippen LogP contribution in [-0.4, -0.2) is 32.2 Å². The highest BCUT2D eigenvalue weighted by atomic mass is 35.5. The fraction of sp³-hybridized carbons (Fsp3) is 0.625. The molecular weight excluding hydrogens is 240 g/mol. The van der Waals surface area contributed by atoms with Crippen LogP contribution in [0.1, 0.15) is 12.8 Å². The van der Waals surface area contributed by atoms with Gasteiger partial charge >= 0.3 is 0 Å². The van der Waals surface area contributed by atoms with Gasteiger partial charge in [-0.15, -0.1) is 0 Å². The molecule has 2 rings (SSSR count). The number of dihydropyridines is 1. The predicted octanol–water partition coefficient (Wildman–Crippen LogP) is 0.356. The molecule has 1 saturated carbocycles. The smallest absolute Gasteiger partial charge is 0.235 e. The number of primary sulfonamides is 1. The maximum atomic E-state index is 11.2. The second kappa shape index (κ2) is 3.86. The van der Waals surface area contributed by atoms with Gasteiger partial charge in [-0.25, -0.2) is 13.6 Å². The van der Waals surface area contributed by atoms with Crippen LogP contribution >= 0.6 is 11.6 Å². The zero-order valence-electron chi connectivity index (χ0n) is 7.84. The first-order chi connectivity index (χ1) is 6.98. The van der Waals surface area contributed by atoms with Crippen LogP contribution in [0.4, 0.5) is 0 Å². The van der Waals surface area contributed by atoms with E-state index in [1.165, 1.54) is 12.3 Å². The van der Waals surface area contributed by atoms with E-state index < -0.39 is 21.5 Å². The lowest BCUT2D eigenvalue weighted by Gasteiger charge is -2.24. The number of aliphatic imine (C=N–C) groups is 1. The van der Waals surface area contributed by atoms with E-state index in [2.05, 4.69) is 4.99 Å². The average Bonchev–Trinajstić information content (AvgIpc) is 2.90. The highest BCUT2D eigenvalue weighted by molar-refractivity contribution is 7.89. The van der Waals surface area contributed by atoms with Crippen molar-refractivity contribution in [3.63, 3.8) is 0 Å². The first-order valence-corrected chi connectivity index (χ1v) is 6.53. The third-order valence-corrected chi connectivity index (χ3v) is 3.58. The van der Waals surface area contributed by atoms with E-state index in [0.717, 1.165) is 12.8 Å². The van der Waals surface area contributed by atoms with Gasteiger partial charge in [-0.1, -0.05) is 11.6 Å². The van der Waals surface area contributed by atoms with Crippen molar-refractivity contribution in [3.8, 4) is 0 Å². The van der Waals surface area contributed by atoms with E-state index in [1.54, 1.807) is 0 Å². The minimum atomic E-state index is -3.77. The average molecular weight is 251 g/mol. The van der Waals surface area contributed by atoms with Crippen molar-refractivity contribution in [1.29, 1.82) is 0 Å². The number of ether oxygens (including phenoxy) is 1. The summed E-state index contributed by atoms with van der Waals surface area (Å²) < 4.78 is 28.0. The van der Waals surface area contributed by atoms with Crippen LogP contribution < -0.4 is 5.14 Å². The van der Waals surface area contributed by atoms with Gasteiger partial charge in [0.05, 0.1) is 11.1 Å². The number of rotatable bonds is 3. The summed E-state index contributed by atoms with van der Waals surface area (Å²) in [4.78, 5) is 3.79. The van der Waals surface area contributed by atoms with Gasteiger partial charge in [-0.2, -0.15) is 0 Å². The SMILES string of the molecule is NS(=O)(=O)C1N=CC=C(Cl)C1OC1CC1. The number of nitrogens with zero attached hydrogens (tertiary/aromatic N) is 1. The minimum Gasteiger partial charge on any atom is -0.366 e. The Bertz CT molecular complexity index is 414. The van der Waals surface area contributed by atoms with Gasteiger partial charge < -0.3 is 4.74 Å². The fourth-order valence-corrected chi connectivity index (χ4v) is 2.41. The quantitative estimate of drug-likeness (QED) is 0.785. The van der Waals surface area contributed by atoms with Crippen molar-refractivity contribution in [2.45, 2.75) is 30.4 Å². The standard InChI is InChI=1S/C8H11ClN2O3S/c9-6-3-4-11-8(15(10,12)13)7(6)14-5-1-2-5/h3-5,7-8H,1-2H2,(H2,10,12,13). The maximum absolute atomic E-state index is 11.2. The molecule has 84 valence electrons. The van der Waals surface area contributed by atoms with E-state index in [4.69, 9.17) is 21.5 Å². The molecule has 2 aliphatic rings. The van der Waals surface area contributed by atoms with Gasteiger partial charge in [0.1, 0.15) is 6.10 Å². The molecule has 0 aromatic heterocycles. The lowest BCUT2D eigenvalue weighted by atomic mass is 10.2. The molecule has 0 aromatic carbocycles. The number of hydrogen-bond donors (Lipinski definition) is 1. The monoisotopic (exact) mass is 250 g/mol. The predicted molar refractivity (Wildman–Crippen MR) is 57.2 cm³/mol. The summed E-state index contributed by atoms with van der Waals surface area (Å²) in [5, 5.41) is 4.27. The Kier molecular flexibility index (Phi) is 2.85. The summed E-state index contributed by atoms with van der Waals surface area (Å²) in [6, 6.07) is 0. The Hall–Kier alpha value is -0.430. The Morgan fingerprint density at radius 2 is 2.20 bits per heavy atom. The van der Waals surface area contributed by atoms with E-state index in [1.807, 2.05) is 0 Å². The Morgan fingerprint density at radius 1 is 1.53 bits per heavy atom. The molecule has 1 aliphatic heterocycles. The van der Waals surface area contributed by atoms with Crippen molar-refractivity contribution < 1.29 is 13.2 Å². The highest BCUT2D eigenvalue weighted by Gasteiger charge is 2.38. The topological polar surface area (TPSA) is 81.8 Å². The molecule has 1 heterocycles. The summed E-state index contributed by atoms with van der Waals surface area (Å²) in [6.45, 7) is 0. The molecule has 2 unspecified atom stereocenters. The summed E-state index contributed by atoms with van der Waals surface area (Å²) in [5.74, 6) is 0.